The number of aromatic amines is 1. The van der Waals surface area contributed by atoms with Crippen LogP contribution in [-0.4, -0.2) is 29.4 Å². The third-order valence-corrected chi connectivity index (χ3v) is 5.19. The van der Waals surface area contributed by atoms with Gasteiger partial charge in [-0.1, -0.05) is 18.7 Å². The first-order valence-corrected chi connectivity index (χ1v) is 10.2. The molecule has 0 fully saturated rings. The van der Waals surface area contributed by atoms with Crippen LogP contribution in [0.25, 0.3) is 17.3 Å². The highest BCUT2D eigenvalue weighted by Gasteiger charge is 2.27. The summed E-state index contributed by atoms with van der Waals surface area (Å²) in [5.41, 5.74) is 7.44. The Labute approximate surface area is 159 Å². The van der Waals surface area contributed by atoms with Gasteiger partial charge in [-0.05, 0) is 56.0 Å². The van der Waals surface area contributed by atoms with Gasteiger partial charge >= 0.3 is 0 Å². The van der Waals surface area contributed by atoms with Crippen molar-refractivity contribution in [2.45, 2.75) is 20.3 Å². The van der Waals surface area contributed by atoms with E-state index in [-0.39, 0.29) is 5.91 Å². The van der Waals surface area contributed by atoms with Gasteiger partial charge in [-0.3, -0.25) is 4.79 Å². The Hall–Kier alpha value is -2.40. The molecule has 0 spiro atoms. The minimum Gasteiger partial charge on any atom is -0.385 e. The monoisotopic (exact) mass is 367 g/mol. The Kier molecular flexibility index (Phi) is 5.57. The lowest BCUT2D eigenvalue weighted by Gasteiger charge is -2.13. The average Bonchev–Trinajstić information content (AvgIpc) is 3.10. The topological polar surface area (TPSA) is 56.9 Å². The van der Waals surface area contributed by atoms with E-state index in [4.69, 9.17) is 0 Å². The Balaban J connectivity index is 1.95. The summed E-state index contributed by atoms with van der Waals surface area (Å²) in [6.07, 6.45) is 5.13. The summed E-state index contributed by atoms with van der Waals surface area (Å²) in [4.78, 5) is 15.9. The molecule has 1 aromatic heterocycles. The summed E-state index contributed by atoms with van der Waals surface area (Å²) in [7, 11) is 0. The molecule has 2 aromatic rings. The third kappa shape index (κ3) is 3.73. The lowest BCUT2D eigenvalue weighted by molar-refractivity contribution is -0.110. The van der Waals surface area contributed by atoms with Gasteiger partial charge in [-0.15, -0.1) is 0 Å². The number of anilines is 1. The van der Waals surface area contributed by atoms with E-state index in [1.165, 1.54) is 0 Å². The number of benzene rings is 1. The standard InChI is InChI=1S/C21H25N3OS/c1-13-11-14(2)23-19(13)12-17-20-16(15(3)22-9-6-10-26-4)7-5-8-18(20)24-21(17)25/h5,7-8,11-12,22-23H,3,6,9-10H2,1-2,4H3,(H,24,25)/b17-12-. The number of aryl methyl sites for hydroxylation is 2. The van der Waals surface area contributed by atoms with Gasteiger partial charge in [0.05, 0.1) is 5.57 Å². The fourth-order valence-corrected chi connectivity index (χ4v) is 3.67. The molecular formula is C21H25N3OS. The molecule has 1 amide bonds. The van der Waals surface area contributed by atoms with Gasteiger partial charge in [0, 0.05) is 40.4 Å². The van der Waals surface area contributed by atoms with Crippen molar-refractivity contribution in [2.75, 3.05) is 23.9 Å². The Bertz CT molecular complexity index is 879. The zero-order valence-corrected chi connectivity index (χ0v) is 16.3. The molecule has 2 heterocycles. The van der Waals surface area contributed by atoms with Crippen LogP contribution < -0.4 is 10.6 Å². The second-order valence-electron chi connectivity index (χ2n) is 6.54. The van der Waals surface area contributed by atoms with Crippen LogP contribution in [0.4, 0.5) is 5.69 Å². The van der Waals surface area contributed by atoms with Gasteiger partial charge in [0.15, 0.2) is 0 Å². The number of carbonyl (C=O) groups is 1. The quantitative estimate of drug-likeness (QED) is 0.501. The first kappa shape index (κ1) is 18.4. The number of hydrogen-bond donors (Lipinski definition) is 3. The smallest absolute Gasteiger partial charge is 0.256 e. The average molecular weight is 368 g/mol. The number of thioether (sulfide) groups is 1. The lowest BCUT2D eigenvalue weighted by atomic mass is 9.97. The zero-order chi connectivity index (χ0) is 18.7. The molecule has 1 aliphatic rings. The molecule has 0 aliphatic carbocycles. The summed E-state index contributed by atoms with van der Waals surface area (Å²) in [5, 5.41) is 6.37. The Morgan fingerprint density at radius 2 is 2.15 bits per heavy atom. The molecule has 1 aromatic carbocycles. The van der Waals surface area contributed by atoms with Gasteiger partial charge in [0.2, 0.25) is 0 Å². The van der Waals surface area contributed by atoms with E-state index < -0.39 is 0 Å². The third-order valence-electron chi connectivity index (χ3n) is 4.49. The van der Waals surface area contributed by atoms with Crippen molar-refractivity contribution in [3.05, 3.63) is 58.9 Å². The second kappa shape index (κ2) is 7.87. The molecule has 136 valence electrons. The van der Waals surface area contributed by atoms with Gasteiger partial charge in [0.25, 0.3) is 5.91 Å². The number of rotatable bonds is 7. The largest absolute Gasteiger partial charge is 0.385 e. The minimum absolute atomic E-state index is 0.0747. The van der Waals surface area contributed by atoms with Crippen LogP contribution in [0, 0.1) is 13.8 Å². The first-order chi connectivity index (χ1) is 12.5. The van der Waals surface area contributed by atoms with Gasteiger partial charge in [0.1, 0.15) is 0 Å². The van der Waals surface area contributed by atoms with Gasteiger partial charge in [-0.2, -0.15) is 11.8 Å². The predicted molar refractivity (Wildman–Crippen MR) is 113 cm³/mol. The van der Waals surface area contributed by atoms with Gasteiger partial charge < -0.3 is 15.6 Å². The molecule has 0 saturated carbocycles. The van der Waals surface area contributed by atoms with Crippen molar-refractivity contribution in [1.82, 2.24) is 10.3 Å². The zero-order valence-electron chi connectivity index (χ0n) is 15.5. The molecule has 0 bridgehead atoms. The van der Waals surface area contributed by atoms with Crippen LogP contribution in [0.3, 0.4) is 0 Å². The number of hydrogen-bond acceptors (Lipinski definition) is 3. The molecule has 0 atom stereocenters. The number of H-pyrrole nitrogens is 1. The van der Waals surface area contributed by atoms with Crippen LogP contribution in [0.1, 0.15) is 34.5 Å². The highest BCUT2D eigenvalue weighted by atomic mass is 32.2. The van der Waals surface area contributed by atoms with Crippen LogP contribution >= 0.6 is 11.8 Å². The van der Waals surface area contributed by atoms with Gasteiger partial charge in [-0.25, -0.2) is 0 Å². The number of carbonyl (C=O) groups excluding carboxylic acids is 1. The lowest BCUT2D eigenvalue weighted by Crippen LogP contribution is -2.14. The Morgan fingerprint density at radius 3 is 2.85 bits per heavy atom. The summed E-state index contributed by atoms with van der Waals surface area (Å²) in [6.45, 7) is 9.13. The maximum Gasteiger partial charge on any atom is 0.256 e. The number of nitrogens with one attached hydrogen (secondary N) is 3. The highest BCUT2D eigenvalue weighted by Crippen LogP contribution is 2.37. The molecule has 1 aliphatic heterocycles. The van der Waals surface area contributed by atoms with E-state index in [0.29, 0.717) is 5.57 Å². The number of fused-ring (bicyclic) bond motifs is 1. The molecule has 26 heavy (non-hydrogen) atoms. The van der Waals surface area contributed by atoms with E-state index in [9.17, 15) is 4.79 Å². The molecule has 4 nitrogen and oxygen atoms in total. The van der Waals surface area contributed by atoms with Crippen LogP contribution in [-0.2, 0) is 4.79 Å². The van der Waals surface area contributed by atoms with Crippen molar-refractivity contribution in [3.8, 4) is 0 Å². The van der Waals surface area contributed by atoms with E-state index in [2.05, 4.69) is 34.5 Å². The molecule has 0 unspecified atom stereocenters. The second-order valence-corrected chi connectivity index (χ2v) is 7.53. The maximum absolute atomic E-state index is 12.6. The van der Waals surface area contributed by atoms with Crippen LogP contribution in [0.15, 0.2) is 30.8 Å². The van der Waals surface area contributed by atoms with Crippen molar-refractivity contribution < 1.29 is 4.79 Å². The van der Waals surface area contributed by atoms with E-state index in [1.54, 1.807) is 0 Å². The first-order valence-electron chi connectivity index (χ1n) is 8.76. The van der Waals surface area contributed by atoms with Crippen molar-refractivity contribution >= 4 is 40.7 Å². The van der Waals surface area contributed by atoms with E-state index in [0.717, 1.165) is 58.2 Å². The van der Waals surface area contributed by atoms with Crippen LogP contribution in [0.2, 0.25) is 0 Å². The number of aromatic nitrogens is 1. The fourth-order valence-electron chi connectivity index (χ4n) is 3.23. The molecule has 0 saturated heterocycles. The fraction of sp³-hybridized carbons (Fsp3) is 0.286. The van der Waals surface area contributed by atoms with E-state index >= 15 is 0 Å². The van der Waals surface area contributed by atoms with Crippen LogP contribution in [0.5, 0.6) is 0 Å². The van der Waals surface area contributed by atoms with Crippen molar-refractivity contribution in [1.29, 1.82) is 0 Å². The molecule has 3 rings (SSSR count). The molecular weight excluding hydrogens is 342 g/mol. The normalized spacial score (nSPS) is 14.4. The van der Waals surface area contributed by atoms with Crippen molar-refractivity contribution in [2.24, 2.45) is 0 Å². The predicted octanol–water partition coefficient (Wildman–Crippen LogP) is 4.44. The van der Waals surface area contributed by atoms with Crippen molar-refractivity contribution in [3.63, 3.8) is 0 Å². The molecule has 3 N–H and O–H groups in total. The Morgan fingerprint density at radius 1 is 1.35 bits per heavy atom. The molecule has 5 heteroatoms. The summed E-state index contributed by atoms with van der Waals surface area (Å²) < 4.78 is 0. The number of amides is 1. The summed E-state index contributed by atoms with van der Waals surface area (Å²) >= 11 is 1.84. The SMILES string of the molecule is C=C(NCCCSC)c1cccc2c1/C(=C/c1[nH]c(C)cc1C)C(=O)N2. The maximum atomic E-state index is 12.6. The summed E-state index contributed by atoms with van der Waals surface area (Å²) in [5.74, 6) is 1.04. The molecule has 0 radical (unpaired) electrons. The highest BCUT2D eigenvalue weighted by molar-refractivity contribution is 7.98. The van der Waals surface area contributed by atoms with E-state index in [1.807, 2.05) is 49.9 Å². The minimum atomic E-state index is -0.0747. The summed E-state index contributed by atoms with van der Waals surface area (Å²) in [6, 6.07) is 7.99.